The molecule has 0 saturated carbocycles. The number of rotatable bonds is 9. The largest absolute Gasteiger partial charge is 0.447 e. The maximum Gasteiger partial charge on any atom is 0.410 e. The molecule has 0 N–H and O–H groups in total. The summed E-state index contributed by atoms with van der Waals surface area (Å²) in [7, 11) is -3.14. The van der Waals surface area contributed by atoms with Gasteiger partial charge in [-0.05, 0) is 62.1 Å². The Kier molecular flexibility index (Phi) is 8.96. The SMILES string of the molecule is CC(C)OC(=O)N1CCC(CCCCOCc2ccc3c(c2)CCN(S(C)(=O)=O)C3)CC1. The van der Waals surface area contributed by atoms with Crippen molar-refractivity contribution >= 4 is 16.1 Å². The minimum atomic E-state index is -3.14. The van der Waals surface area contributed by atoms with Crippen LogP contribution in [0.2, 0.25) is 0 Å². The van der Waals surface area contributed by atoms with Crippen LogP contribution in [0.25, 0.3) is 0 Å². The van der Waals surface area contributed by atoms with Crippen LogP contribution in [0.3, 0.4) is 0 Å². The molecule has 0 atom stereocenters. The summed E-state index contributed by atoms with van der Waals surface area (Å²) in [6, 6.07) is 6.24. The highest BCUT2D eigenvalue weighted by Crippen LogP contribution is 2.24. The van der Waals surface area contributed by atoms with Gasteiger partial charge >= 0.3 is 6.09 Å². The smallest absolute Gasteiger partial charge is 0.410 e. The number of piperidine rings is 1. The maximum absolute atomic E-state index is 12.0. The van der Waals surface area contributed by atoms with Gasteiger partial charge in [0.2, 0.25) is 10.0 Å². The van der Waals surface area contributed by atoms with Gasteiger partial charge in [0.15, 0.2) is 0 Å². The summed E-state index contributed by atoms with van der Waals surface area (Å²) in [5, 5.41) is 0. The first kappa shape index (κ1) is 25.0. The molecule has 7 nitrogen and oxygen atoms in total. The van der Waals surface area contributed by atoms with Crippen molar-refractivity contribution in [2.24, 2.45) is 5.92 Å². The number of hydrogen-bond acceptors (Lipinski definition) is 5. The molecule has 32 heavy (non-hydrogen) atoms. The lowest BCUT2D eigenvalue weighted by Crippen LogP contribution is -2.39. The third-order valence-corrected chi connectivity index (χ3v) is 7.60. The number of nitrogens with zero attached hydrogens (tertiary/aromatic N) is 2. The number of amides is 1. The van der Waals surface area contributed by atoms with Crippen LogP contribution in [-0.2, 0) is 39.1 Å². The number of fused-ring (bicyclic) bond motifs is 1. The number of sulfonamides is 1. The van der Waals surface area contributed by atoms with E-state index in [0.29, 0.717) is 25.6 Å². The molecule has 180 valence electrons. The van der Waals surface area contributed by atoms with E-state index in [1.807, 2.05) is 30.9 Å². The monoisotopic (exact) mass is 466 g/mol. The zero-order valence-corrected chi connectivity index (χ0v) is 20.5. The third-order valence-electron chi connectivity index (χ3n) is 6.35. The Balaban J connectivity index is 1.29. The van der Waals surface area contributed by atoms with E-state index in [4.69, 9.17) is 9.47 Å². The molecule has 1 saturated heterocycles. The molecule has 0 aliphatic carbocycles. The lowest BCUT2D eigenvalue weighted by Gasteiger charge is -2.31. The van der Waals surface area contributed by atoms with Gasteiger partial charge in [0.25, 0.3) is 0 Å². The van der Waals surface area contributed by atoms with Crippen molar-refractivity contribution < 1.29 is 22.7 Å². The van der Waals surface area contributed by atoms with Gasteiger partial charge in [-0.3, -0.25) is 0 Å². The van der Waals surface area contributed by atoms with Gasteiger partial charge in [-0.25, -0.2) is 13.2 Å². The molecule has 2 heterocycles. The molecule has 1 amide bonds. The average Bonchev–Trinajstić information content (AvgIpc) is 2.75. The first-order valence-electron chi connectivity index (χ1n) is 11.8. The van der Waals surface area contributed by atoms with Gasteiger partial charge in [0.1, 0.15) is 0 Å². The molecule has 1 fully saturated rings. The van der Waals surface area contributed by atoms with Crippen LogP contribution >= 0.6 is 0 Å². The number of carbonyl (C=O) groups excluding carboxylic acids is 1. The van der Waals surface area contributed by atoms with Gasteiger partial charge in [0.05, 0.1) is 19.0 Å². The lowest BCUT2D eigenvalue weighted by atomic mass is 9.92. The molecular weight excluding hydrogens is 428 g/mol. The predicted molar refractivity (Wildman–Crippen MR) is 125 cm³/mol. The highest BCUT2D eigenvalue weighted by molar-refractivity contribution is 7.88. The zero-order valence-electron chi connectivity index (χ0n) is 19.7. The van der Waals surface area contributed by atoms with E-state index < -0.39 is 10.0 Å². The van der Waals surface area contributed by atoms with E-state index in [2.05, 4.69) is 6.07 Å². The second-order valence-corrected chi connectivity index (χ2v) is 11.3. The Bertz CT molecular complexity index is 863. The molecule has 0 radical (unpaired) electrons. The fourth-order valence-electron chi connectivity index (χ4n) is 4.46. The van der Waals surface area contributed by atoms with Crippen molar-refractivity contribution in [3.8, 4) is 0 Å². The van der Waals surface area contributed by atoms with Crippen LogP contribution in [0.4, 0.5) is 4.79 Å². The molecule has 0 unspecified atom stereocenters. The average molecular weight is 467 g/mol. The number of likely N-dealkylation sites (tertiary alicyclic amines) is 1. The Morgan fingerprint density at radius 1 is 1.12 bits per heavy atom. The minimum Gasteiger partial charge on any atom is -0.447 e. The molecule has 1 aromatic rings. The Hall–Kier alpha value is -1.64. The van der Waals surface area contributed by atoms with Crippen LogP contribution < -0.4 is 0 Å². The zero-order chi connectivity index (χ0) is 23.1. The van der Waals surface area contributed by atoms with Crippen LogP contribution in [0, 0.1) is 5.92 Å². The molecule has 2 aliphatic rings. The van der Waals surface area contributed by atoms with Crippen molar-refractivity contribution in [2.75, 3.05) is 32.5 Å². The second kappa shape index (κ2) is 11.5. The molecule has 8 heteroatoms. The molecule has 1 aromatic carbocycles. The van der Waals surface area contributed by atoms with Gasteiger partial charge in [-0.1, -0.05) is 31.0 Å². The summed E-state index contributed by atoms with van der Waals surface area (Å²) in [5.41, 5.74) is 3.47. The summed E-state index contributed by atoms with van der Waals surface area (Å²) >= 11 is 0. The Morgan fingerprint density at radius 3 is 2.56 bits per heavy atom. The quantitative estimate of drug-likeness (QED) is 0.515. The van der Waals surface area contributed by atoms with Crippen LogP contribution in [-0.4, -0.2) is 62.3 Å². The highest BCUT2D eigenvalue weighted by Gasteiger charge is 2.24. The van der Waals surface area contributed by atoms with Gasteiger partial charge in [-0.15, -0.1) is 0 Å². The van der Waals surface area contributed by atoms with E-state index in [9.17, 15) is 13.2 Å². The van der Waals surface area contributed by atoms with Crippen molar-refractivity contribution in [2.45, 2.75) is 71.6 Å². The molecule has 3 rings (SSSR count). The Morgan fingerprint density at radius 2 is 1.88 bits per heavy atom. The van der Waals surface area contributed by atoms with Gasteiger partial charge in [0, 0.05) is 32.8 Å². The summed E-state index contributed by atoms with van der Waals surface area (Å²) in [4.78, 5) is 13.8. The standard InChI is InChI=1S/C24H38N2O5S/c1-19(2)31-24(27)25-12-9-20(10-13-25)6-4-5-15-30-18-21-7-8-23-17-26(32(3,28)29)14-11-22(23)16-21/h7-8,16,19-20H,4-6,9-15,17-18H2,1-3H3. The summed E-state index contributed by atoms with van der Waals surface area (Å²) < 4.78 is 36.2. The first-order chi connectivity index (χ1) is 15.2. The molecule has 0 aromatic heterocycles. The van der Waals surface area contributed by atoms with Gasteiger partial charge in [-0.2, -0.15) is 4.31 Å². The van der Waals surface area contributed by atoms with E-state index >= 15 is 0 Å². The number of benzene rings is 1. The third kappa shape index (κ3) is 7.46. The van der Waals surface area contributed by atoms with Crippen LogP contribution in [0.1, 0.15) is 62.6 Å². The number of hydrogen-bond donors (Lipinski definition) is 0. The molecule has 2 aliphatic heterocycles. The highest BCUT2D eigenvalue weighted by atomic mass is 32.2. The normalized spacial score (nSPS) is 18.1. The van der Waals surface area contributed by atoms with E-state index in [0.717, 1.165) is 62.9 Å². The van der Waals surface area contributed by atoms with E-state index in [-0.39, 0.29) is 12.2 Å². The maximum atomic E-state index is 12.0. The number of carbonyl (C=O) groups is 1. The fourth-order valence-corrected chi connectivity index (χ4v) is 5.26. The topological polar surface area (TPSA) is 76.2 Å². The van der Waals surface area contributed by atoms with Gasteiger partial charge < -0.3 is 14.4 Å². The van der Waals surface area contributed by atoms with E-state index in [1.54, 1.807) is 0 Å². The van der Waals surface area contributed by atoms with Crippen molar-refractivity contribution in [1.29, 1.82) is 0 Å². The molecule has 0 spiro atoms. The minimum absolute atomic E-state index is 0.0632. The second-order valence-electron chi connectivity index (χ2n) is 9.36. The van der Waals surface area contributed by atoms with Crippen molar-refractivity contribution in [3.05, 3.63) is 34.9 Å². The summed E-state index contributed by atoms with van der Waals surface area (Å²) in [6.07, 6.45) is 7.27. The molecular formula is C24H38N2O5S. The summed E-state index contributed by atoms with van der Waals surface area (Å²) in [5.74, 6) is 0.685. The Labute approximate surface area is 193 Å². The molecule has 0 bridgehead atoms. The lowest BCUT2D eigenvalue weighted by molar-refractivity contribution is 0.0641. The fraction of sp³-hybridized carbons (Fsp3) is 0.708. The number of ether oxygens (including phenoxy) is 2. The van der Waals surface area contributed by atoms with Crippen LogP contribution in [0.5, 0.6) is 0 Å². The summed E-state index contributed by atoms with van der Waals surface area (Å²) in [6.45, 7) is 7.72. The van der Waals surface area contributed by atoms with Crippen molar-refractivity contribution in [3.63, 3.8) is 0 Å². The number of unbranched alkanes of at least 4 members (excludes halogenated alkanes) is 1. The van der Waals surface area contributed by atoms with Crippen LogP contribution in [0.15, 0.2) is 18.2 Å². The predicted octanol–water partition coefficient (Wildman–Crippen LogP) is 3.95. The first-order valence-corrected chi connectivity index (χ1v) is 13.7. The van der Waals surface area contributed by atoms with Crippen molar-refractivity contribution in [1.82, 2.24) is 9.21 Å². The van der Waals surface area contributed by atoms with E-state index in [1.165, 1.54) is 22.5 Å².